The van der Waals surface area contributed by atoms with E-state index in [-0.39, 0.29) is 11.7 Å². The Balaban J connectivity index is 4.62. The van der Waals surface area contributed by atoms with E-state index in [2.05, 4.69) is 5.32 Å². The van der Waals surface area contributed by atoms with Gasteiger partial charge < -0.3 is 10.6 Å². The van der Waals surface area contributed by atoms with Crippen LogP contribution in [0.15, 0.2) is 0 Å². The smallest absolute Gasteiger partial charge is 0.315 e. The van der Waals surface area contributed by atoms with Gasteiger partial charge in [-0.05, 0) is 5.41 Å². The molecule has 0 rings (SSSR count). The van der Waals surface area contributed by atoms with Crippen molar-refractivity contribution in [3.05, 3.63) is 0 Å². The molecular weight excluding hydrogens is 242 g/mol. The molecule has 0 aliphatic carbocycles. The highest BCUT2D eigenvalue weighted by molar-refractivity contribution is 5.90. The van der Waals surface area contributed by atoms with Crippen molar-refractivity contribution in [3.8, 4) is 0 Å². The highest BCUT2D eigenvalue weighted by Crippen LogP contribution is 2.22. The van der Waals surface area contributed by atoms with Crippen molar-refractivity contribution in [2.24, 2.45) is 11.3 Å². The number of urea groups is 1. The molecule has 0 heterocycles. The second kappa shape index (κ2) is 6.66. The number of Topliss-reactive ketones (excluding diaryl/α,β-unsaturated/α-hetero) is 1. The van der Waals surface area contributed by atoms with E-state index in [0.29, 0.717) is 0 Å². The lowest BCUT2D eigenvalue weighted by Gasteiger charge is -2.31. The summed E-state index contributed by atoms with van der Waals surface area (Å²) < 4.78 is 23.9. The summed E-state index contributed by atoms with van der Waals surface area (Å²) in [7, 11) is 0. The van der Waals surface area contributed by atoms with Gasteiger partial charge >= 0.3 is 6.03 Å². The third-order valence-corrected chi connectivity index (χ3v) is 2.41. The maximum Gasteiger partial charge on any atom is 0.315 e. The SMILES string of the molecule is CC(C)C(=O)C(NC(=O)NCC(F)F)C(C)(C)C. The predicted octanol–water partition coefficient (Wildman–Crippen LogP) is 2.19. The molecule has 106 valence electrons. The number of carbonyl (C=O) groups excluding carboxylic acids is 2. The van der Waals surface area contributed by atoms with Gasteiger partial charge in [0.1, 0.15) is 0 Å². The lowest BCUT2D eigenvalue weighted by Crippen LogP contribution is -2.53. The first kappa shape index (κ1) is 16.8. The lowest BCUT2D eigenvalue weighted by atomic mass is 9.81. The van der Waals surface area contributed by atoms with Crippen LogP contribution in [-0.4, -0.2) is 30.8 Å². The van der Waals surface area contributed by atoms with Crippen LogP contribution in [0.4, 0.5) is 13.6 Å². The van der Waals surface area contributed by atoms with Crippen LogP contribution in [0.3, 0.4) is 0 Å². The summed E-state index contributed by atoms with van der Waals surface area (Å²) in [5.74, 6) is -0.348. The zero-order valence-electron chi connectivity index (χ0n) is 11.5. The number of carbonyl (C=O) groups is 2. The Morgan fingerprint density at radius 2 is 1.67 bits per heavy atom. The molecule has 1 atom stereocenters. The first-order valence-electron chi connectivity index (χ1n) is 5.92. The molecule has 0 fully saturated rings. The molecule has 4 nitrogen and oxygen atoms in total. The lowest BCUT2D eigenvalue weighted by molar-refractivity contribution is -0.126. The summed E-state index contributed by atoms with van der Waals surface area (Å²) in [5.41, 5.74) is -0.469. The van der Waals surface area contributed by atoms with Gasteiger partial charge in [-0.25, -0.2) is 13.6 Å². The minimum Gasteiger partial charge on any atom is -0.332 e. The van der Waals surface area contributed by atoms with Crippen molar-refractivity contribution in [3.63, 3.8) is 0 Å². The maximum atomic E-state index is 12.0. The summed E-state index contributed by atoms with van der Waals surface area (Å²) in [6, 6.07) is -1.45. The standard InChI is InChI=1S/C12H22F2N2O2/c1-7(2)9(17)10(12(3,4)5)16-11(18)15-6-8(13)14/h7-8,10H,6H2,1-5H3,(H2,15,16,18). The van der Waals surface area contributed by atoms with Gasteiger partial charge in [-0.1, -0.05) is 34.6 Å². The Labute approximate surface area is 107 Å². The van der Waals surface area contributed by atoms with Crippen molar-refractivity contribution >= 4 is 11.8 Å². The summed E-state index contributed by atoms with van der Waals surface area (Å²) in [6.45, 7) is 8.18. The van der Waals surface area contributed by atoms with Gasteiger partial charge in [0.15, 0.2) is 5.78 Å². The average Bonchev–Trinajstić information content (AvgIpc) is 2.20. The molecule has 1 unspecified atom stereocenters. The minimum atomic E-state index is -2.61. The fourth-order valence-corrected chi connectivity index (χ4v) is 1.40. The highest BCUT2D eigenvalue weighted by Gasteiger charge is 2.33. The molecule has 2 amide bonds. The van der Waals surface area contributed by atoms with E-state index in [4.69, 9.17) is 0 Å². The topological polar surface area (TPSA) is 58.2 Å². The molecule has 0 aliphatic heterocycles. The van der Waals surface area contributed by atoms with Crippen LogP contribution in [-0.2, 0) is 4.79 Å². The van der Waals surface area contributed by atoms with Crippen LogP contribution in [0, 0.1) is 11.3 Å². The van der Waals surface area contributed by atoms with Gasteiger partial charge in [-0.2, -0.15) is 0 Å². The Hall–Kier alpha value is -1.20. The molecule has 0 aromatic rings. The maximum absolute atomic E-state index is 12.0. The number of amides is 2. The zero-order chi connectivity index (χ0) is 14.5. The molecule has 0 radical (unpaired) electrons. The van der Waals surface area contributed by atoms with Crippen molar-refractivity contribution in [1.82, 2.24) is 10.6 Å². The van der Waals surface area contributed by atoms with Crippen molar-refractivity contribution in [1.29, 1.82) is 0 Å². The Morgan fingerprint density at radius 3 is 2.00 bits per heavy atom. The Bertz CT molecular complexity index is 299. The van der Waals surface area contributed by atoms with E-state index in [1.165, 1.54) is 0 Å². The van der Waals surface area contributed by atoms with E-state index in [0.717, 1.165) is 0 Å². The molecule has 0 bridgehead atoms. The van der Waals surface area contributed by atoms with E-state index in [1.54, 1.807) is 13.8 Å². The molecule has 18 heavy (non-hydrogen) atoms. The van der Waals surface area contributed by atoms with E-state index in [9.17, 15) is 18.4 Å². The molecular formula is C12H22F2N2O2. The van der Waals surface area contributed by atoms with Crippen molar-refractivity contribution in [2.75, 3.05) is 6.54 Å². The van der Waals surface area contributed by atoms with Crippen LogP contribution < -0.4 is 10.6 Å². The third kappa shape index (κ3) is 5.93. The van der Waals surface area contributed by atoms with Crippen LogP contribution >= 0.6 is 0 Å². The summed E-state index contributed by atoms with van der Waals surface area (Å²) in [5, 5.41) is 4.49. The van der Waals surface area contributed by atoms with E-state index < -0.39 is 30.5 Å². The van der Waals surface area contributed by atoms with Crippen LogP contribution in [0.5, 0.6) is 0 Å². The number of alkyl halides is 2. The summed E-state index contributed by atoms with van der Waals surface area (Å²) in [4.78, 5) is 23.4. The normalized spacial score (nSPS) is 13.6. The fraction of sp³-hybridized carbons (Fsp3) is 0.833. The number of hydrogen-bond acceptors (Lipinski definition) is 2. The predicted molar refractivity (Wildman–Crippen MR) is 65.6 cm³/mol. The summed E-state index contributed by atoms with van der Waals surface area (Å²) in [6.07, 6.45) is -2.61. The molecule has 0 saturated carbocycles. The van der Waals surface area contributed by atoms with E-state index >= 15 is 0 Å². The number of hydrogen-bond donors (Lipinski definition) is 2. The largest absolute Gasteiger partial charge is 0.332 e. The number of nitrogens with one attached hydrogen (secondary N) is 2. The second-order valence-corrected chi connectivity index (χ2v) is 5.60. The molecule has 0 aromatic carbocycles. The van der Waals surface area contributed by atoms with E-state index in [1.807, 2.05) is 26.1 Å². The first-order valence-corrected chi connectivity index (χ1v) is 5.92. The Morgan fingerprint density at radius 1 is 1.17 bits per heavy atom. The van der Waals surface area contributed by atoms with Gasteiger partial charge in [0.25, 0.3) is 6.43 Å². The molecule has 0 aliphatic rings. The molecule has 6 heteroatoms. The van der Waals surface area contributed by atoms with Gasteiger partial charge in [0.2, 0.25) is 0 Å². The Kier molecular flexibility index (Phi) is 6.21. The van der Waals surface area contributed by atoms with Gasteiger partial charge in [-0.15, -0.1) is 0 Å². The molecule has 0 saturated heterocycles. The average molecular weight is 264 g/mol. The molecule has 0 aromatic heterocycles. The number of ketones is 1. The van der Waals surface area contributed by atoms with Gasteiger partial charge in [-0.3, -0.25) is 4.79 Å². The number of halogens is 2. The highest BCUT2D eigenvalue weighted by atomic mass is 19.3. The van der Waals surface area contributed by atoms with Crippen molar-refractivity contribution in [2.45, 2.75) is 47.1 Å². The van der Waals surface area contributed by atoms with Crippen molar-refractivity contribution < 1.29 is 18.4 Å². The minimum absolute atomic E-state index is 0.116. The molecule has 2 N–H and O–H groups in total. The number of rotatable bonds is 5. The van der Waals surface area contributed by atoms with Crippen LogP contribution in [0.25, 0.3) is 0 Å². The van der Waals surface area contributed by atoms with Gasteiger partial charge in [0, 0.05) is 5.92 Å². The summed E-state index contributed by atoms with van der Waals surface area (Å²) >= 11 is 0. The van der Waals surface area contributed by atoms with Gasteiger partial charge in [0.05, 0.1) is 12.6 Å². The fourth-order valence-electron chi connectivity index (χ4n) is 1.40. The first-order chi connectivity index (χ1) is 8.05. The quantitative estimate of drug-likeness (QED) is 0.799. The van der Waals surface area contributed by atoms with Crippen LogP contribution in [0.2, 0.25) is 0 Å². The molecule has 0 spiro atoms. The monoisotopic (exact) mass is 264 g/mol. The third-order valence-electron chi connectivity index (χ3n) is 2.41. The zero-order valence-corrected chi connectivity index (χ0v) is 11.5. The second-order valence-electron chi connectivity index (χ2n) is 5.60. The van der Waals surface area contributed by atoms with Crippen LogP contribution in [0.1, 0.15) is 34.6 Å².